The highest BCUT2D eigenvalue weighted by atomic mass is 16.7. The third kappa shape index (κ3) is 3.12. The molecule has 146 valence electrons. The van der Waals surface area contributed by atoms with E-state index in [1.807, 2.05) is 0 Å². The minimum atomic E-state index is -1.47. The maximum absolute atomic E-state index is 11.4. The van der Waals surface area contributed by atoms with Crippen LogP contribution in [-0.4, -0.2) is 72.0 Å². The second-order valence-electron chi connectivity index (χ2n) is 6.50. The number of hydrogen-bond acceptors (Lipinski definition) is 9. The topological polar surface area (TPSA) is 128 Å². The summed E-state index contributed by atoms with van der Waals surface area (Å²) >= 11 is 0. The van der Waals surface area contributed by atoms with Crippen LogP contribution in [0.5, 0.6) is 5.75 Å². The van der Waals surface area contributed by atoms with Gasteiger partial charge in [0.2, 0.25) is 6.29 Å². The Kier molecular flexibility index (Phi) is 4.89. The second kappa shape index (κ2) is 7.19. The van der Waals surface area contributed by atoms with Gasteiger partial charge in [0.05, 0.1) is 26.4 Å². The molecule has 0 bridgehead atoms. The van der Waals surface area contributed by atoms with E-state index in [2.05, 4.69) is 0 Å². The first-order valence-electron chi connectivity index (χ1n) is 8.59. The van der Waals surface area contributed by atoms with Crippen LogP contribution >= 0.6 is 0 Å². The SMILES string of the molecule is O=c1ccc2ccc(O[C@@H]3O[C@H](CO)[C@H]4OCCO[C@]4(CO)[C@H]3O)cc2o1. The molecular weight excluding hydrogens is 360 g/mol. The molecule has 2 aliphatic rings. The Labute approximate surface area is 153 Å². The minimum absolute atomic E-state index is 0.181. The lowest BCUT2D eigenvalue weighted by atomic mass is 9.83. The Hall–Kier alpha value is -2.01. The van der Waals surface area contributed by atoms with Crippen LogP contribution in [0.25, 0.3) is 11.0 Å². The van der Waals surface area contributed by atoms with Crippen molar-refractivity contribution in [3.63, 3.8) is 0 Å². The Balaban J connectivity index is 1.64. The van der Waals surface area contributed by atoms with Crippen molar-refractivity contribution in [1.82, 2.24) is 0 Å². The van der Waals surface area contributed by atoms with Gasteiger partial charge < -0.3 is 38.7 Å². The molecular formula is C18H20O9. The minimum Gasteiger partial charge on any atom is -0.462 e. The summed E-state index contributed by atoms with van der Waals surface area (Å²) in [5.41, 5.74) is -1.65. The van der Waals surface area contributed by atoms with E-state index in [1.54, 1.807) is 18.2 Å². The van der Waals surface area contributed by atoms with Gasteiger partial charge in [0, 0.05) is 17.5 Å². The summed E-state index contributed by atoms with van der Waals surface area (Å²) in [7, 11) is 0. The Morgan fingerprint density at radius 3 is 2.78 bits per heavy atom. The lowest BCUT2D eigenvalue weighted by molar-refractivity contribution is -0.359. The molecule has 0 radical (unpaired) electrons. The largest absolute Gasteiger partial charge is 0.462 e. The average Bonchev–Trinajstić information content (AvgIpc) is 2.69. The molecule has 27 heavy (non-hydrogen) atoms. The standard InChI is InChI=1S/C18H20O9/c19-8-13-16-18(9-20,24-6-5-23-16)15(22)17(27-13)25-11-3-1-10-2-4-14(21)26-12(10)7-11/h1-4,7,13,15-17,19-20,22H,5-6,8-9H2/t13-,15+,16-,17-,18-/m1/s1. The molecule has 2 aromatic rings. The molecule has 1 aromatic carbocycles. The monoisotopic (exact) mass is 380 g/mol. The molecule has 0 aliphatic carbocycles. The van der Waals surface area contributed by atoms with E-state index >= 15 is 0 Å². The molecule has 4 rings (SSSR count). The number of aliphatic hydroxyl groups excluding tert-OH is 3. The van der Waals surface area contributed by atoms with Crippen molar-refractivity contribution in [1.29, 1.82) is 0 Å². The summed E-state index contributed by atoms with van der Waals surface area (Å²) in [6.07, 6.45) is -4.32. The molecule has 0 amide bonds. The number of benzene rings is 1. The van der Waals surface area contributed by atoms with Crippen molar-refractivity contribution < 1.29 is 38.7 Å². The molecule has 3 heterocycles. The van der Waals surface area contributed by atoms with Gasteiger partial charge in [-0.15, -0.1) is 0 Å². The van der Waals surface area contributed by atoms with Crippen LogP contribution in [0.1, 0.15) is 0 Å². The Morgan fingerprint density at radius 2 is 2.00 bits per heavy atom. The van der Waals surface area contributed by atoms with Crippen LogP contribution in [-0.2, 0) is 14.2 Å². The van der Waals surface area contributed by atoms with Gasteiger partial charge in [0.1, 0.15) is 29.6 Å². The predicted octanol–water partition coefficient (Wildman–Crippen LogP) is -0.604. The first-order valence-corrected chi connectivity index (χ1v) is 8.59. The van der Waals surface area contributed by atoms with Gasteiger partial charge in [-0.25, -0.2) is 4.79 Å². The molecule has 1 aromatic heterocycles. The van der Waals surface area contributed by atoms with E-state index in [9.17, 15) is 20.1 Å². The zero-order chi connectivity index (χ0) is 19.0. The average molecular weight is 380 g/mol. The summed E-state index contributed by atoms with van der Waals surface area (Å²) in [6, 6.07) is 7.75. The van der Waals surface area contributed by atoms with Gasteiger partial charge in [0.25, 0.3) is 0 Å². The predicted molar refractivity (Wildman–Crippen MR) is 90.4 cm³/mol. The highest BCUT2D eigenvalue weighted by Crippen LogP contribution is 2.38. The Morgan fingerprint density at radius 1 is 1.19 bits per heavy atom. The zero-order valence-electron chi connectivity index (χ0n) is 14.3. The van der Waals surface area contributed by atoms with Gasteiger partial charge >= 0.3 is 5.63 Å². The van der Waals surface area contributed by atoms with E-state index < -0.39 is 49.0 Å². The van der Waals surface area contributed by atoms with E-state index in [4.69, 9.17) is 23.4 Å². The van der Waals surface area contributed by atoms with Crippen molar-refractivity contribution in [3.05, 3.63) is 40.8 Å². The molecule has 5 atom stereocenters. The summed E-state index contributed by atoms with van der Waals surface area (Å²) in [5.74, 6) is 0.279. The Bertz CT molecular complexity index is 865. The lowest BCUT2D eigenvalue weighted by Gasteiger charge is -2.52. The lowest BCUT2D eigenvalue weighted by Crippen LogP contribution is -2.73. The van der Waals surface area contributed by atoms with Crippen LogP contribution < -0.4 is 10.4 Å². The van der Waals surface area contributed by atoms with Gasteiger partial charge in [-0.2, -0.15) is 0 Å². The van der Waals surface area contributed by atoms with Crippen molar-refractivity contribution in [2.24, 2.45) is 0 Å². The molecule has 3 N–H and O–H groups in total. The molecule has 0 unspecified atom stereocenters. The van der Waals surface area contributed by atoms with Crippen LogP contribution in [0.4, 0.5) is 0 Å². The maximum atomic E-state index is 11.4. The van der Waals surface area contributed by atoms with E-state index in [-0.39, 0.29) is 19.0 Å². The first kappa shape index (κ1) is 18.4. The van der Waals surface area contributed by atoms with E-state index in [0.29, 0.717) is 11.0 Å². The van der Waals surface area contributed by atoms with Crippen molar-refractivity contribution in [3.8, 4) is 5.75 Å². The summed E-state index contributed by atoms with van der Waals surface area (Å²) < 4.78 is 27.8. The van der Waals surface area contributed by atoms with Crippen molar-refractivity contribution in [2.75, 3.05) is 26.4 Å². The third-order valence-electron chi connectivity index (χ3n) is 4.91. The van der Waals surface area contributed by atoms with Crippen molar-refractivity contribution >= 4 is 11.0 Å². The third-order valence-corrected chi connectivity index (χ3v) is 4.91. The van der Waals surface area contributed by atoms with Crippen molar-refractivity contribution in [2.45, 2.75) is 30.2 Å². The molecule has 9 nitrogen and oxygen atoms in total. The van der Waals surface area contributed by atoms with Crippen LogP contribution in [0.3, 0.4) is 0 Å². The van der Waals surface area contributed by atoms with Crippen LogP contribution in [0.15, 0.2) is 39.5 Å². The van der Waals surface area contributed by atoms with Gasteiger partial charge in [-0.05, 0) is 18.2 Å². The summed E-state index contributed by atoms with van der Waals surface area (Å²) in [5, 5.41) is 31.0. The van der Waals surface area contributed by atoms with Crippen LogP contribution in [0.2, 0.25) is 0 Å². The number of hydrogen-bond donors (Lipinski definition) is 3. The molecule has 2 saturated heterocycles. The fraction of sp³-hybridized carbons (Fsp3) is 0.500. The van der Waals surface area contributed by atoms with E-state index in [1.165, 1.54) is 12.1 Å². The normalized spacial score (nSPS) is 33.6. The van der Waals surface area contributed by atoms with Gasteiger partial charge in [-0.1, -0.05) is 0 Å². The first-order chi connectivity index (χ1) is 13.1. The number of rotatable bonds is 4. The number of aliphatic hydroxyl groups is 3. The quantitative estimate of drug-likeness (QED) is 0.596. The fourth-order valence-corrected chi connectivity index (χ4v) is 3.56. The van der Waals surface area contributed by atoms with Gasteiger partial charge in [-0.3, -0.25) is 0 Å². The molecule has 0 spiro atoms. The van der Waals surface area contributed by atoms with Crippen LogP contribution in [0, 0.1) is 0 Å². The summed E-state index contributed by atoms with van der Waals surface area (Å²) in [6.45, 7) is -0.506. The fourth-order valence-electron chi connectivity index (χ4n) is 3.56. The smallest absolute Gasteiger partial charge is 0.336 e. The highest BCUT2D eigenvalue weighted by Gasteiger charge is 2.60. The zero-order valence-corrected chi connectivity index (χ0v) is 14.3. The summed E-state index contributed by atoms with van der Waals surface area (Å²) in [4.78, 5) is 11.4. The number of ether oxygens (including phenoxy) is 4. The maximum Gasteiger partial charge on any atom is 0.336 e. The van der Waals surface area contributed by atoms with Gasteiger partial charge in [0.15, 0.2) is 5.60 Å². The number of fused-ring (bicyclic) bond motifs is 2. The van der Waals surface area contributed by atoms with E-state index in [0.717, 1.165) is 0 Å². The molecule has 2 fully saturated rings. The molecule has 2 aliphatic heterocycles. The highest BCUT2D eigenvalue weighted by molar-refractivity contribution is 5.77. The molecule has 9 heteroatoms. The second-order valence-corrected chi connectivity index (χ2v) is 6.50. The molecule has 0 saturated carbocycles.